The SMILES string of the molecule is CC(C)(C)OC(=O)N1C[C@H](C(F)(F)F)C[C@H]1C(=O)O. The summed E-state index contributed by atoms with van der Waals surface area (Å²) in [6.45, 7) is 3.98. The Morgan fingerprint density at radius 1 is 1.26 bits per heavy atom. The largest absolute Gasteiger partial charge is 0.480 e. The predicted molar refractivity (Wildman–Crippen MR) is 58.5 cm³/mol. The van der Waals surface area contributed by atoms with Gasteiger partial charge in [0.15, 0.2) is 0 Å². The van der Waals surface area contributed by atoms with Crippen LogP contribution in [0, 0.1) is 5.92 Å². The monoisotopic (exact) mass is 283 g/mol. The number of amides is 1. The number of ether oxygens (including phenoxy) is 1. The van der Waals surface area contributed by atoms with Crippen molar-refractivity contribution in [2.45, 2.75) is 45.0 Å². The molecule has 2 atom stereocenters. The van der Waals surface area contributed by atoms with Gasteiger partial charge in [0.2, 0.25) is 0 Å². The van der Waals surface area contributed by atoms with Crippen LogP contribution in [-0.2, 0) is 9.53 Å². The smallest absolute Gasteiger partial charge is 0.411 e. The number of likely N-dealkylation sites (tertiary alicyclic amines) is 1. The highest BCUT2D eigenvalue weighted by Crippen LogP contribution is 2.37. The zero-order valence-corrected chi connectivity index (χ0v) is 10.8. The van der Waals surface area contributed by atoms with Gasteiger partial charge < -0.3 is 9.84 Å². The van der Waals surface area contributed by atoms with Gasteiger partial charge in [-0.15, -0.1) is 0 Å². The van der Waals surface area contributed by atoms with Crippen LogP contribution >= 0.6 is 0 Å². The Labute approximate surface area is 108 Å². The lowest BCUT2D eigenvalue weighted by Crippen LogP contribution is -2.43. The van der Waals surface area contributed by atoms with Gasteiger partial charge in [0, 0.05) is 6.54 Å². The Morgan fingerprint density at radius 2 is 1.79 bits per heavy atom. The molecule has 8 heteroatoms. The second kappa shape index (κ2) is 4.90. The maximum absolute atomic E-state index is 12.6. The number of alkyl halides is 3. The van der Waals surface area contributed by atoms with Crippen LogP contribution in [0.2, 0.25) is 0 Å². The molecule has 110 valence electrons. The van der Waals surface area contributed by atoms with Crippen LogP contribution < -0.4 is 0 Å². The first kappa shape index (κ1) is 15.6. The lowest BCUT2D eigenvalue weighted by Gasteiger charge is -2.26. The van der Waals surface area contributed by atoms with Crippen molar-refractivity contribution < 1.29 is 32.6 Å². The molecule has 0 aromatic heterocycles. The van der Waals surface area contributed by atoms with Crippen LogP contribution in [0.25, 0.3) is 0 Å². The fraction of sp³-hybridized carbons (Fsp3) is 0.818. The number of halogens is 3. The highest BCUT2D eigenvalue weighted by Gasteiger charge is 2.51. The Balaban J connectivity index is 2.86. The number of aliphatic carboxylic acids is 1. The summed E-state index contributed by atoms with van der Waals surface area (Å²) < 4.78 is 42.7. The standard InChI is InChI=1S/C11H16F3NO4/c1-10(2,3)19-9(18)15-5-6(11(12,13)14)4-7(15)8(16)17/h6-7H,4-5H2,1-3H3,(H,16,17)/t6-,7+/m1/s1. The molecule has 1 aliphatic heterocycles. The van der Waals surface area contributed by atoms with Crippen molar-refractivity contribution in [2.24, 2.45) is 5.92 Å². The van der Waals surface area contributed by atoms with Gasteiger partial charge >= 0.3 is 18.2 Å². The molecule has 1 heterocycles. The minimum absolute atomic E-state index is 0.631. The predicted octanol–water partition coefficient (Wildman–Crippen LogP) is 2.26. The first-order chi connectivity index (χ1) is 8.42. The van der Waals surface area contributed by atoms with Crippen molar-refractivity contribution in [3.8, 4) is 0 Å². The number of hydrogen-bond donors (Lipinski definition) is 1. The topological polar surface area (TPSA) is 66.8 Å². The third-order valence-corrected chi connectivity index (χ3v) is 2.68. The van der Waals surface area contributed by atoms with Crippen LogP contribution in [0.3, 0.4) is 0 Å². The summed E-state index contributed by atoms with van der Waals surface area (Å²) in [4.78, 5) is 23.3. The van der Waals surface area contributed by atoms with Crippen LogP contribution in [0.15, 0.2) is 0 Å². The summed E-state index contributed by atoms with van der Waals surface area (Å²) in [5, 5.41) is 8.90. The minimum atomic E-state index is -4.52. The van der Waals surface area contributed by atoms with E-state index in [4.69, 9.17) is 9.84 Å². The van der Waals surface area contributed by atoms with Crippen LogP contribution in [-0.4, -0.2) is 46.4 Å². The number of nitrogens with zero attached hydrogens (tertiary/aromatic N) is 1. The van der Waals surface area contributed by atoms with Crippen molar-refractivity contribution in [2.75, 3.05) is 6.54 Å². The van der Waals surface area contributed by atoms with Gasteiger partial charge in [-0.05, 0) is 27.2 Å². The van der Waals surface area contributed by atoms with Gasteiger partial charge in [-0.25, -0.2) is 9.59 Å². The van der Waals surface area contributed by atoms with E-state index in [1.54, 1.807) is 20.8 Å². The lowest BCUT2D eigenvalue weighted by atomic mass is 10.1. The molecule has 0 spiro atoms. The summed E-state index contributed by atoms with van der Waals surface area (Å²) >= 11 is 0. The zero-order valence-electron chi connectivity index (χ0n) is 10.8. The van der Waals surface area contributed by atoms with Crippen LogP contribution in [0.1, 0.15) is 27.2 Å². The summed E-state index contributed by atoms with van der Waals surface area (Å²) in [7, 11) is 0. The minimum Gasteiger partial charge on any atom is -0.480 e. The second-order valence-electron chi connectivity index (χ2n) is 5.46. The first-order valence-corrected chi connectivity index (χ1v) is 5.71. The fourth-order valence-corrected chi connectivity index (χ4v) is 1.83. The van der Waals surface area contributed by atoms with E-state index >= 15 is 0 Å². The lowest BCUT2D eigenvalue weighted by molar-refractivity contribution is -0.170. The molecule has 19 heavy (non-hydrogen) atoms. The van der Waals surface area contributed by atoms with Crippen LogP contribution in [0.4, 0.5) is 18.0 Å². The Hall–Kier alpha value is -1.47. The van der Waals surface area contributed by atoms with Gasteiger partial charge in [0.1, 0.15) is 11.6 Å². The van der Waals surface area contributed by atoms with E-state index in [0.29, 0.717) is 4.90 Å². The molecule has 0 aromatic rings. The van der Waals surface area contributed by atoms with Crippen molar-refractivity contribution in [3.63, 3.8) is 0 Å². The molecule has 0 aliphatic carbocycles. The Bertz CT molecular complexity index is 375. The molecule has 1 rings (SSSR count). The number of hydrogen-bond acceptors (Lipinski definition) is 3. The second-order valence-corrected chi connectivity index (χ2v) is 5.46. The van der Waals surface area contributed by atoms with E-state index in [-0.39, 0.29) is 0 Å². The highest BCUT2D eigenvalue weighted by molar-refractivity contribution is 5.81. The normalized spacial score (nSPS) is 24.4. The molecule has 1 fully saturated rings. The molecule has 0 bridgehead atoms. The van der Waals surface area contributed by atoms with Gasteiger partial charge in [-0.3, -0.25) is 4.90 Å². The molecule has 1 saturated heterocycles. The third kappa shape index (κ3) is 4.00. The number of carboxylic acids is 1. The maximum Gasteiger partial charge on any atom is 0.411 e. The van der Waals surface area contributed by atoms with E-state index < -0.39 is 48.8 Å². The van der Waals surface area contributed by atoms with E-state index in [0.717, 1.165) is 0 Å². The fourth-order valence-electron chi connectivity index (χ4n) is 1.83. The van der Waals surface area contributed by atoms with Crippen molar-refractivity contribution >= 4 is 12.1 Å². The Kier molecular flexibility index (Phi) is 4.02. The maximum atomic E-state index is 12.6. The van der Waals surface area contributed by atoms with Gasteiger partial charge in [0.05, 0.1) is 5.92 Å². The van der Waals surface area contributed by atoms with Crippen molar-refractivity contribution in [3.05, 3.63) is 0 Å². The summed E-state index contributed by atoms with van der Waals surface area (Å²) in [5.74, 6) is -3.29. The quantitative estimate of drug-likeness (QED) is 0.801. The Morgan fingerprint density at radius 3 is 2.16 bits per heavy atom. The van der Waals surface area contributed by atoms with Gasteiger partial charge in [0.25, 0.3) is 0 Å². The highest BCUT2D eigenvalue weighted by atomic mass is 19.4. The average Bonchev–Trinajstić information content (AvgIpc) is 2.57. The summed E-state index contributed by atoms with van der Waals surface area (Å²) in [6.07, 6.45) is -6.20. The summed E-state index contributed by atoms with van der Waals surface area (Å²) in [5.41, 5.74) is -0.892. The molecular formula is C11H16F3NO4. The van der Waals surface area contributed by atoms with E-state index in [9.17, 15) is 22.8 Å². The van der Waals surface area contributed by atoms with E-state index in [2.05, 4.69) is 0 Å². The van der Waals surface area contributed by atoms with E-state index in [1.165, 1.54) is 0 Å². The third-order valence-electron chi connectivity index (χ3n) is 2.68. The first-order valence-electron chi connectivity index (χ1n) is 5.71. The molecule has 5 nitrogen and oxygen atoms in total. The van der Waals surface area contributed by atoms with E-state index in [1.807, 2.05) is 0 Å². The molecule has 0 radical (unpaired) electrons. The van der Waals surface area contributed by atoms with Gasteiger partial charge in [-0.2, -0.15) is 13.2 Å². The molecule has 0 unspecified atom stereocenters. The number of rotatable bonds is 1. The number of carbonyl (C=O) groups excluding carboxylic acids is 1. The van der Waals surface area contributed by atoms with Crippen LogP contribution in [0.5, 0.6) is 0 Å². The van der Waals surface area contributed by atoms with Gasteiger partial charge in [-0.1, -0.05) is 0 Å². The average molecular weight is 283 g/mol. The molecule has 1 aliphatic rings. The number of carbonyl (C=O) groups is 2. The molecular weight excluding hydrogens is 267 g/mol. The summed E-state index contributed by atoms with van der Waals surface area (Å²) in [6, 6.07) is -1.50. The molecule has 0 aromatic carbocycles. The molecule has 1 amide bonds. The van der Waals surface area contributed by atoms with Crippen molar-refractivity contribution in [1.82, 2.24) is 4.90 Å². The van der Waals surface area contributed by atoms with Crippen molar-refractivity contribution in [1.29, 1.82) is 0 Å². The zero-order chi connectivity index (χ0) is 15.0. The number of carboxylic acid groups (broad SMARTS) is 1. The molecule has 0 saturated carbocycles. The molecule has 1 N–H and O–H groups in total.